The molecule has 116 valence electrons. The van der Waals surface area contributed by atoms with Crippen LogP contribution in [0.3, 0.4) is 0 Å². The molecule has 1 heterocycles. The van der Waals surface area contributed by atoms with E-state index in [4.69, 9.17) is 5.11 Å². The molecule has 0 bridgehead atoms. The third-order valence-electron chi connectivity index (χ3n) is 3.95. The maximum absolute atomic E-state index is 12.2. The van der Waals surface area contributed by atoms with Crippen LogP contribution in [0.25, 0.3) is 0 Å². The number of carboxylic acid groups (broad SMARTS) is 1. The summed E-state index contributed by atoms with van der Waals surface area (Å²) in [6.45, 7) is 2.08. The lowest BCUT2D eigenvalue weighted by Gasteiger charge is -2.41. The van der Waals surface area contributed by atoms with Crippen LogP contribution in [0, 0.1) is 0 Å². The van der Waals surface area contributed by atoms with Gasteiger partial charge in [0.25, 0.3) is 0 Å². The highest BCUT2D eigenvalue weighted by atomic mass is 32.1. The Balaban J connectivity index is 1.94. The Bertz CT molecular complexity index is 483. The maximum Gasteiger partial charge on any atom is 0.315 e. The first-order valence-corrected chi connectivity index (χ1v) is 8.26. The van der Waals surface area contributed by atoms with E-state index < -0.39 is 11.5 Å². The minimum atomic E-state index is -0.863. The van der Waals surface area contributed by atoms with Crippen LogP contribution in [-0.4, -0.2) is 22.6 Å². The van der Waals surface area contributed by atoms with Crippen LogP contribution in [-0.2, 0) is 4.79 Å². The smallest absolute Gasteiger partial charge is 0.315 e. The number of rotatable bonds is 7. The lowest BCUT2D eigenvalue weighted by atomic mass is 9.74. The van der Waals surface area contributed by atoms with Crippen molar-refractivity contribution >= 4 is 23.3 Å². The Labute approximate surface area is 128 Å². The molecule has 5 nitrogen and oxygen atoms in total. The number of urea groups is 1. The molecule has 21 heavy (non-hydrogen) atoms. The molecule has 3 N–H and O–H groups in total. The highest BCUT2D eigenvalue weighted by molar-refractivity contribution is 7.10. The minimum Gasteiger partial charge on any atom is -0.481 e. The standard InChI is InChI=1S/C15H22N2O3S/c1-2-5-11(12-6-3-9-21-12)16-14(20)17-15(7-4-8-15)10-13(18)19/h3,6,9,11H,2,4-5,7-8,10H2,1H3,(H,18,19)(H2,16,17,20). The molecule has 2 amide bonds. The van der Waals surface area contributed by atoms with E-state index in [2.05, 4.69) is 17.6 Å². The van der Waals surface area contributed by atoms with Gasteiger partial charge in [-0.05, 0) is 37.1 Å². The van der Waals surface area contributed by atoms with Gasteiger partial charge < -0.3 is 15.7 Å². The van der Waals surface area contributed by atoms with Crippen LogP contribution in [0.15, 0.2) is 17.5 Å². The van der Waals surface area contributed by atoms with Crippen molar-refractivity contribution in [1.29, 1.82) is 0 Å². The number of aliphatic carboxylic acids is 1. The molecule has 0 aromatic carbocycles. The van der Waals surface area contributed by atoms with E-state index in [1.54, 1.807) is 11.3 Å². The molecule has 1 aliphatic rings. The average molecular weight is 310 g/mol. The highest BCUT2D eigenvalue weighted by Crippen LogP contribution is 2.35. The van der Waals surface area contributed by atoms with Crippen LogP contribution in [0.2, 0.25) is 0 Å². The van der Waals surface area contributed by atoms with Gasteiger partial charge in [-0.25, -0.2) is 4.79 Å². The fourth-order valence-corrected chi connectivity index (χ4v) is 3.55. The van der Waals surface area contributed by atoms with Gasteiger partial charge in [0.2, 0.25) is 0 Å². The van der Waals surface area contributed by atoms with Crippen molar-refractivity contribution in [3.05, 3.63) is 22.4 Å². The SMILES string of the molecule is CCCC(NC(=O)NC1(CC(=O)O)CCC1)c1cccs1. The molecule has 0 saturated heterocycles. The van der Waals surface area contributed by atoms with Gasteiger partial charge in [-0.3, -0.25) is 4.79 Å². The lowest BCUT2D eigenvalue weighted by Crippen LogP contribution is -2.57. The highest BCUT2D eigenvalue weighted by Gasteiger charge is 2.40. The predicted octanol–water partition coefficient (Wildman–Crippen LogP) is 3.29. The minimum absolute atomic E-state index is 0.00212. The van der Waals surface area contributed by atoms with Crippen molar-refractivity contribution in [2.75, 3.05) is 0 Å². The number of carboxylic acids is 1. The molecule has 0 radical (unpaired) electrons. The lowest BCUT2D eigenvalue weighted by molar-refractivity contribution is -0.139. The molecule has 1 aromatic heterocycles. The van der Waals surface area contributed by atoms with E-state index in [1.165, 1.54) is 0 Å². The number of nitrogens with one attached hydrogen (secondary N) is 2. The monoisotopic (exact) mass is 310 g/mol. The second-order valence-electron chi connectivity index (χ2n) is 5.66. The molecule has 1 atom stereocenters. The summed E-state index contributed by atoms with van der Waals surface area (Å²) in [4.78, 5) is 24.3. The third kappa shape index (κ3) is 4.20. The summed E-state index contributed by atoms with van der Waals surface area (Å²) in [6, 6.07) is 3.72. The summed E-state index contributed by atoms with van der Waals surface area (Å²) in [7, 11) is 0. The zero-order valence-corrected chi connectivity index (χ0v) is 13.0. The van der Waals surface area contributed by atoms with Gasteiger partial charge in [-0.1, -0.05) is 19.4 Å². The van der Waals surface area contributed by atoms with Crippen molar-refractivity contribution in [3.8, 4) is 0 Å². The normalized spacial score (nSPS) is 17.6. The van der Waals surface area contributed by atoms with E-state index in [-0.39, 0.29) is 18.5 Å². The Hall–Kier alpha value is -1.56. The maximum atomic E-state index is 12.2. The number of hydrogen-bond donors (Lipinski definition) is 3. The zero-order chi connectivity index (χ0) is 15.3. The molecule has 6 heteroatoms. The summed E-state index contributed by atoms with van der Waals surface area (Å²) in [5.74, 6) is -0.863. The molecule has 1 saturated carbocycles. The van der Waals surface area contributed by atoms with Crippen LogP contribution < -0.4 is 10.6 Å². The first-order chi connectivity index (χ1) is 10.0. The first-order valence-electron chi connectivity index (χ1n) is 7.38. The molecule has 1 unspecified atom stereocenters. The van der Waals surface area contributed by atoms with Gasteiger partial charge in [-0.2, -0.15) is 0 Å². The molecule has 0 spiro atoms. The first kappa shape index (κ1) is 15.8. The largest absolute Gasteiger partial charge is 0.481 e. The summed E-state index contributed by atoms with van der Waals surface area (Å²) in [6.07, 6.45) is 4.30. The Morgan fingerprint density at radius 1 is 1.48 bits per heavy atom. The number of thiophene rings is 1. The Kier molecular flexibility index (Phi) is 5.22. The third-order valence-corrected chi connectivity index (χ3v) is 4.93. The van der Waals surface area contributed by atoms with Gasteiger partial charge in [0.15, 0.2) is 0 Å². The Morgan fingerprint density at radius 2 is 2.24 bits per heavy atom. The van der Waals surface area contributed by atoms with Crippen molar-refractivity contribution in [1.82, 2.24) is 10.6 Å². The second kappa shape index (κ2) is 6.93. The van der Waals surface area contributed by atoms with Crippen LogP contribution in [0.4, 0.5) is 4.79 Å². The van der Waals surface area contributed by atoms with E-state index >= 15 is 0 Å². The van der Waals surface area contributed by atoms with Crippen LogP contribution in [0.1, 0.15) is 56.4 Å². The number of carbonyl (C=O) groups excluding carboxylic acids is 1. The van der Waals surface area contributed by atoms with Crippen molar-refractivity contribution in [2.24, 2.45) is 0 Å². The van der Waals surface area contributed by atoms with Gasteiger partial charge in [0.1, 0.15) is 0 Å². The van der Waals surface area contributed by atoms with E-state index in [0.717, 1.165) is 37.0 Å². The number of hydrogen-bond acceptors (Lipinski definition) is 3. The molecular weight excluding hydrogens is 288 g/mol. The van der Waals surface area contributed by atoms with Gasteiger partial charge in [-0.15, -0.1) is 11.3 Å². The summed E-state index contributed by atoms with van der Waals surface area (Å²) in [5.41, 5.74) is -0.553. The van der Waals surface area contributed by atoms with E-state index in [0.29, 0.717) is 0 Å². The quantitative estimate of drug-likeness (QED) is 0.723. The molecule has 1 aliphatic carbocycles. The second-order valence-corrected chi connectivity index (χ2v) is 6.64. The fourth-order valence-electron chi connectivity index (χ4n) is 2.74. The van der Waals surface area contributed by atoms with Crippen molar-refractivity contribution < 1.29 is 14.7 Å². The molecule has 1 aromatic rings. The molecule has 1 fully saturated rings. The van der Waals surface area contributed by atoms with Crippen LogP contribution >= 0.6 is 11.3 Å². The van der Waals surface area contributed by atoms with Gasteiger partial charge in [0.05, 0.1) is 18.0 Å². The van der Waals surface area contributed by atoms with Crippen molar-refractivity contribution in [2.45, 2.75) is 57.0 Å². The topological polar surface area (TPSA) is 78.4 Å². The summed E-state index contributed by atoms with van der Waals surface area (Å²) < 4.78 is 0. The number of amides is 2. The average Bonchev–Trinajstić information content (AvgIpc) is 2.88. The molecule has 0 aliphatic heterocycles. The summed E-state index contributed by atoms with van der Waals surface area (Å²) in [5, 5.41) is 16.8. The predicted molar refractivity (Wildman–Crippen MR) is 82.5 cm³/mol. The Morgan fingerprint density at radius 3 is 2.71 bits per heavy atom. The zero-order valence-electron chi connectivity index (χ0n) is 12.2. The van der Waals surface area contributed by atoms with Crippen LogP contribution in [0.5, 0.6) is 0 Å². The van der Waals surface area contributed by atoms with Crippen molar-refractivity contribution in [3.63, 3.8) is 0 Å². The fraction of sp³-hybridized carbons (Fsp3) is 0.600. The van der Waals surface area contributed by atoms with E-state index in [1.807, 2.05) is 17.5 Å². The molecular formula is C15H22N2O3S. The van der Waals surface area contributed by atoms with Gasteiger partial charge in [0, 0.05) is 4.88 Å². The van der Waals surface area contributed by atoms with Gasteiger partial charge >= 0.3 is 12.0 Å². The number of carbonyl (C=O) groups is 2. The van der Waals surface area contributed by atoms with E-state index in [9.17, 15) is 9.59 Å². The summed E-state index contributed by atoms with van der Waals surface area (Å²) >= 11 is 1.62. The molecule has 2 rings (SSSR count).